The molecule has 0 atom stereocenters. The summed E-state index contributed by atoms with van der Waals surface area (Å²) in [7, 11) is 0. The largest absolute Gasteiger partial charge is 0.423 e. The Balaban J connectivity index is 1.30. The molecule has 170 valence electrons. The first-order valence-electron chi connectivity index (χ1n) is 11.5. The van der Waals surface area contributed by atoms with Gasteiger partial charge in [0, 0.05) is 24.7 Å². The van der Waals surface area contributed by atoms with E-state index in [4.69, 9.17) is 26.1 Å². The monoisotopic (exact) mass is 463 g/mol. The van der Waals surface area contributed by atoms with Gasteiger partial charge in [0.1, 0.15) is 23.2 Å². The summed E-state index contributed by atoms with van der Waals surface area (Å²) in [5, 5.41) is 3.96. The molecule has 0 unspecified atom stereocenters. The van der Waals surface area contributed by atoms with Gasteiger partial charge in [-0.2, -0.15) is 9.97 Å². The van der Waals surface area contributed by atoms with Crippen LogP contribution in [0.4, 0.5) is 11.6 Å². The molecule has 1 saturated carbocycles. The first-order chi connectivity index (χ1) is 16.1. The van der Waals surface area contributed by atoms with Crippen LogP contribution in [0.1, 0.15) is 30.9 Å². The summed E-state index contributed by atoms with van der Waals surface area (Å²) in [5.74, 6) is 3.55. The molecule has 0 spiro atoms. The molecule has 0 bridgehead atoms. The highest BCUT2D eigenvalue weighted by Gasteiger charge is 2.28. The van der Waals surface area contributed by atoms with E-state index in [0.717, 1.165) is 43.3 Å². The fourth-order valence-electron chi connectivity index (χ4n) is 4.53. The predicted octanol–water partition coefficient (Wildman–Crippen LogP) is 4.88. The molecule has 0 amide bonds. The van der Waals surface area contributed by atoms with E-state index in [1.807, 2.05) is 12.1 Å². The minimum absolute atomic E-state index is 0.257. The maximum absolute atomic E-state index is 6.69. The van der Waals surface area contributed by atoms with Crippen LogP contribution in [0.15, 0.2) is 40.4 Å². The van der Waals surface area contributed by atoms with Gasteiger partial charge in [0.25, 0.3) is 0 Å². The van der Waals surface area contributed by atoms with Gasteiger partial charge in [-0.15, -0.1) is 0 Å². The highest BCUT2D eigenvalue weighted by Crippen LogP contribution is 2.39. The number of hydrogen-bond acceptors (Lipinski definition) is 7. The van der Waals surface area contributed by atoms with Gasteiger partial charge in [-0.25, -0.2) is 0 Å². The fraction of sp³-hybridized carbons (Fsp3) is 0.400. The second kappa shape index (κ2) is 8.47. The van der Waals surface area contributed by atoms with Crippen LogP contribution in [0.25, 0.3) is 6.08 Å². The molecule has 6 rings (SSSR count). The van der Waals surface area contributed by atoms with Gasteiger partial charge in [0.15, 0.2) is 0 Å². The van der Waals surface area contributed by atoms with Crippen LogP contribution in [0, 0.1) is 5.92 Å². The zero-order valence-electron chi connectivity index (χ0n) is 18.6. The van der Waals surface area contributed by atoms with E-state index in [0.29, 0.717) is 35.7 Å². The number of amidine groups is 1. The van der Waals surface area contributed by atoms with Gasteiger partial charge in [-0.05, 0) is 55.4 Å². The number of anilines is 2. The maximum atomic E-state index is 6.69. The first kappa shape index (κ1) is 20.7. The number of benzene rings is 1. The molecule has 2 aliphatic carbocycles. The molecule has 2 fully saturated rings. The number of nitrogens with one attached hydrogen (secondary N) is 1. The van der Waals surface area contributed by atoms with Crippen molar-refractivity contribution in [2.24, 2.45) is 10.9 Å². The van der Waals surface area contributed by atoms with Gasteiger partial charge in [-0.1, -0.05) is 29.3 Å². The summed E-state index contributed by atoms with van der Waals surface area (Å²) in [5.41, 5.74) is 4.93. The first-order valence-corrected chi connectivity index (χ1v) is 11.9. The van der Waals surface area contributed by atoms with E-state index < -0.39 is 0 Å². The normalized spacial score (nSPS) is 19.7. The van der Waals surface area contributed by atoms with Gasteiger partial charge >= 0.3 is 6.01 Å². The summed E-state index contributed by atoms with van der Waals surface area (Å²) >= 11 is 6.69. The lowest BCUT2D eigenvalue weighted by atomic mass is 10.1. The van der Waals surface area contributed by atoms with Crippen molar-refractivity contribution >= 4 is 35.1 Å². The molecule has 1 aromatic carbocycles. The lowest BCUT2D eigenvalue weighted by molar-refractivity contribution is 0.122. The molecule has 0 radical (unpaired) electrons. The number of aliphatic imine (C=N–C) groups is 1. The minimum Gasteiger partial charge on any atom is -0.423 e. The highest BCUT2D eigenvalue weighted by atomic mass is 35.5. The number of allylic oxidation sites excluding steroid dienone is 1. The molecular formula is C25H26ClN5O2. The smallest absolute Gasteiger partial charge is 0.325 e. The lowest BCUT2D eigenvalue weighted by Crippen LogP contribution is -2.36. The SMILES string of the molecule is CC1=Cc2c(ccc(Oc3nc(NC4=NCC(C5CC5)=C4)cc(N4CCOCC4)n3)c2Cl)C1. The van der Waals surface area contributed by atoms with Crippen LogP contribution in [-0.4, -0.2) is 48.7 Å². The average molecular weight is 464 g/mol. The summed E-state index contributed by atoms with van der Waals surface area (Å²) < 4.78 is 11.6. The Hall–Kier alpha value is -2.90. The molecule has 4 aliphatic rings. The minimum atomic E-state index is 0.257. The number of fused-ring (bicyclic) bond motifs is 1. The Bertz CT molecular complexity index is 1200. The van der Waals surface area contributed by atoms with Crippen molar-refractivity contribution in [3.05, 3.63) is 51.6 Å². The second-order valence-electron chi connectivity index (χ2n) is 9.03. The van der Waals surface area contributed by atoms with Gasteiger partial charge in [0.2, 0.25) is 0 Å². The lowest BCUT2D eigenvalue weighted by Gasteiger charge is -2.28. The molecule has 33 heavy (non-hydrogen) atoms. The molecule has 1 aromatic heterocycles. The molecule has 2 aliphatic heterocycles. The quantitative estimate of drug-likeness (QED) is 0.681. The number of hydrogen-bond donors (Lipinski definition) is 1. The van der Waals surface area contributed by atoms with E-state index in [-0.39, 0.29) is 6.01 Å². The van der Waals surface area contributed by atoms with E-state index in [1.54, 1.807) is 0 Å². The number of aromatic nitrogens is 2. The van der Waals surface area contributed by atoms with E-state index in [9.17, 15) is 0 Å². The zero-order valence-corrected chi connectivity index (χ0v) is 19.4. The number of nitrogens with zero attached hydrogens (tertiary/aromatic N) is 4. The Morgan fingerprint density at radius 2 is 2.00 bits per heavy atom. The molecule has 2 aromatic rings. The molecule has 7 nitrogen and oxygen atoms in total. The summed E-state index contributed by atoms with van der Waals surface area (Å²) in [6.07, 6.45) is 7.74. The summed E-state index contributed by atoms with van der Waals surface area (Å²) in [6.45, 7) is 5.77. The Morgan fingerprint density at radius 1 is 1.15 bits per heavy atom. The summed E-state index contributed by atoms with van der Waals surface area (Å²) in [6, 6.07) is 6.16. The van der Waals surface area contributed by atoms with E-state index in [2.05, 4.69) is 45.3 Å². The van der Waals surface area contributed by atoms with Crippen molar-refractivity contribution in [1.29, 1.82) is 0 Å². The zero-order chi connectivity index (χ0) is 22.4. The summed E-state index contributed by atoms with van der Waals surface area (Å²) in [4.78, 5) is 16.2. The Kier molecular flexibility index (Phi) is 5.31. The number of ether oxygens (including phenoxy) is 2. The molecule has 8 heteroatoms. The Morgan fingerprint density at radius 3 is 2.82 bits per heavy atom. The van der Waals surface area contributed by atoms with Gasteiger partial charge < -0.3 is 19.7 Å². The third kappa shape index (κ3) is 4.35. The van der Waals surface area contributed by atoms with Gasteiger partial charge in [-0.3, -0.25) is 4.99 Å². The van der Waals surface area contributed by atoms with Crippen LogP contribution < -0.4 is 15.0 Å². The van der Waals surface area contributed by atoms with Crippen LogP contribution in [0.3, 0.4) is 0 Å². The topological polar surface area (TPSA) is 71.9 Å². The van der Waals surface area contributed by atoms with Crippen molar-refractivity contribution < 1.29 is 9.47 Å². The van der Waals surface area contributed by atoms with Crippen molar-refractivity contribution in [2.75, 3.05) is 43.1 Å². The average Bonchev–Trinajstić information content (AvgIpc) is 3.45. The highest BCUT2D eigenvalue weighted by molar-refractivity contribution is 6.33. The third-order valence-electron chi connectivity index (χ3n) is 6.44. The van der Waals surface area contributed by atoms with Crippen LogP contribution in [0.2, 0.25) is 5.02 Å². The van der Waals surface area contributed by atoms with E-state index in [1.165, 1.54) is 29.6 Å². The molecular weight excluding hydrogens is 438 g/mol. The molecule has 1 saturated heterocycles. The van der Waals surface area contributed by atoms with Crippen molar-refractivity contribution in [1.82, 2.24) is 9.97 Å². The predicted molar refractivity (Wildman–Crippen MR) is 131 cm³/mol. The third-order valence-corrected chi connectivity index (χ3v) is 6.82. The number of morpholine rings is 1. The fourth-order valence-corrected chi connectivity index (χ4v) is 4.80. The van der Waals surface area contributed by atoms with Gasteiger partial charge in [0.05, 0.1) is 24.8 Å². The second-order valence-corrected chi connectivity index (χ2v) is 9.41. The Labute approximate surface area is 198 Å². The van der Waals surface area contributed by atoms with Crippen molar-refractivity contribution in [3.8, 4) is 11.8 Å². The van der Waals surface area contributed by atoms with Crippen LogP contribution in [0.5, 0.6) is 11.8 Å². The van der Waals surface area contributed by atoms with Crippen molar-refractivity contribution in [2.45, 2.75) is 26.2 Å². The maximum Gasteiger partial charge on any atom is 0.325 e. The van der Waals surface area contributed by atoms with Crippen molar-refractivity contribution in [3.63, 3.8) is 0 Å². The van der Waals surface area contributed by atoms with Crippen LogP contribution >= 0.6 is 11.6 Å². The van der Waals surface area contributed by atoms with E-state index >= 15 is 0 Å². The number of rotatable bonds is 5. The standard InChI is InChI=1S/C25H26ClN5O2/c1-15-10-17-4-5-20(24(26)19(17)11-15)33-25-29-22(13-23(30-25)31-6-8-32-9-7-31)28-21-12-18(14-27-21)16-2-3-16/h4-5,11-13,16H,2-3,6-10,14H2,1H3,(H,27,28,29,30). The van der Waals surface area contributed by atoms with Crippen LogP contribution in [-0.2, 0) is 11.2 Å². The number of halogens is 1. The molecule has 1 N–H and O–H groups in total. The molecule has 3 heterocycles.